The quantitative estimate of drug-likeness (QED) is 0.649. The van der Waals surface area contributed by atoms with Crippen LogP contribution < -0.4 is 9.62 Å². The molecular weight excluding hydrogens is 450 g/mol. The zero-order valence-electron chi connectivity index (χ0n) is 17.3. The van der Waals surface area contributed by atoms with Crippen molar-refractivity contribution >= 4 is 50.6 Å². The first kappa shape index (κ1) is 22.1. The summed E-state index contributed by atoms with van der Waals surface area (Å²) < 4.78 is 25.0. The fourth-order valence-electron chi connectivity index (χ4n) is 3.63. The van der Waals surface area contributed by atoms with Gasteiger partial charge in [-0.05, 0) is 53.6 Å². The van der Waals surface area contributed by atoms with E-state index in [2.05, 4.69) is 5.32 Å². The van der Waals surface area contributed by atoms with E-state index in [4.69, 9.17) is 0 Å². The zero-order chi connectivity index (χ0) is 22.9. The maximum absolute atomic E-state index is 12.6. The number of amides is 3. The molecule has 2 aliphatic rings. The zero-order valence-corrected chi connectivity index (χ0v) is 18.9. The number of nitrogens with zero attached hydrogens (tertiary/aromatic N) is 2. The molecule has 1 N–H and O–H groups in total. The number of imide groups is 1. The van der Waals surface area contributed by atoms with Crippen molar-refractivity contribution < 1.29 is 22.8 Å². The summed E-state index contributed by atoms with van der Waals surface area (Å²) in [4.78, 5) is 38.8. The van der Waals surface area contributed by atoms with Crippen molar-refractivity contribution in [3.63, 3.8) is 0 Å². The summed E-state index contributed by atoms with van der Waals surface area (Å²) in [6.45, 7) is 0.534. The largest absolute Gasteiger partial charge is 0.350 e. The van der Waals surface area contributed by atoms with Gasteiger partial charge in [0.05, 0.1) is 16.8 Å². The number of carbonyl (C=O) groups is 3. The molecule has 0 aromatic heterocycles. The number of hydrogen-bond acceptors (Lipinski definition) is 6. The highest BCUT2D eigenvalue weighted by Crippen LogP contribution is 2.32. The van der Waals surface area contributed by atoms with Gasteiger partial charge in [-0.25, -0.2) is 8.42 Å². The molecule has 1 saturated heterocycles. The molecule has 0 radical (unpaired) electrons. The van der Waals surface area contributed by atoms with Crippen molar-refractivity contribution in [2.24, 2.45) is 0 Å². The summed E-state index contributed by atoms with van der Waals surface area (Å²) >= 11 is 0.880. The molecule has 166 valence electrons. The lowest BCUT2D eigenvalue weighted by atomic mass is 10.1. The fraction of sp³-hybridized carbons (Fsp3) is 0.227. The maximum atomic E-state index is 12.6. The SMILES string of the molecule is CS(=O)(=O)N1CCc2cc(C(=O)NCCN3C(=O)SC(=Cc4ccccc4)C3=O)ccc21. The van der Waals surface area contributed by atoms with Gasteiger partial charge in [0.2, 0.25) is 10.0 Å². The third-order valence-corrected chi connectivity index (χ3v) is 7.27. The first-order chi connectivity index (χ1) is 15.2. The summed E-state index contributed by atoms with van der Waals surface area (Å²) in [5.41, 5.74) is 2.61. The van der Waals surface area contributed by atoms with Gasteiger partial charge in [0.25, 0.3) is 17.1 Å². The second-order valence-corrected chi connectivity index (χ2v) is 10.3. The number of sulfonamides is 1. The Balaban J connectivity index is 1.36. The molecule has 32 heavy (non-hydrogen) atoms. The summed E-state index contributed by atoms with van der Waals surface area (Å²) in [7, 11) is -3.35. The number of hydrogen-bond donors (Lipinski definition) is 1. The molecule has 2 heterocycles. The van der Waals surface area contributed by atoms with Gasteiger partial charge in [-0.3, -0.25) is 23.6 Å². The predicted octanol–water partition coefficient (Wildman–Crippen LogP) is 2.47. The molecular formula is C22H21N3O5S2. The van der Waals surface area contributed by atoms with Crippen molar-refractivity contribution in [3.8, 4) is 0 Å². The van der Waals surface area contributed by atoms with E-state index in [1.165, 1.54) is 4.31 Å². The summed E-state index contributed by atoms with van der Waals surface area (Å²) in [5, 5.41) is 2.35. The van der Waals surface area contributed by atoms with Crippen LogP contribution in [0.4, 0.5) is 10.5 Å². The summed E-state index contributed by atoms with van der Waals surface area (Å²) in [6, 6.07) is 14.1. The lowest BCUT2D eigenvalue weighted by molar-refractivity contribution is -0.122. The maximum Gasteiger partial charge on any atom is 0.293 e. The number of benzene rings is 2. The highest BCUT2D eigenvalue weighted by molar-refractivity contribution is 8.18. The van der Waals surface area contributed by atoms with Crippen LogP contribution in [-0.2, 0) is 21.2 Å². The van der Waals surface area contributed by atoms with Crippen molar-refractivity contribution in [2.45, 2.75) is 6.42 Å². The molecule has 0 unspecified atom stereocenters. The second kappa shape index (κ2) is 8.79. The Labute approximate surface area is 190 Å². The standard InChI is InChI=1S/C22H21N3O5S2/c1-32(29,30)25-11-9-16-14-17(7-8-18(16)25)20(26)23-10-12-24-21(27)19(31-22(24)28)13-15-5-3-2-4-6-15/h2-8,13-14H,9-12H2,1H3,(H,23,26). The van der Waals surface area contributed by atoms with E-state index in [0.29, 0.717) is 29.1 Å². The van der Waals surface area contributed by atoms with Crippen LogP contribution >= 0.6 is 11.8 Å². The Hall–Kier alpha value is -3.11. The van der Waals surface area contributed by atoms with Crippen LogP contribution in [0.5, 0.6) is 0 Å². The van der Waals surface area contributed by atoms with Gasteiger partial charge in [-0.2, -0.15) is 0 Å². The fourth-order valence-corrected chi connectivity index (χ4v) is 5.46. The highest BCUT2D eigenvalue weighted by atomic mass is 32.2. The first-order valence-corrected chi connectivity index (χ1v) is 12.6. The topological polar surface area (TPSA) is 104 Å². The minimum atomic E-state index is -3.35. The predicted molar refractivity (Wildman–Crippen MR) is 124 cm³/mol. The average Bonchev–Trinajstić information content (AvgIpc) is 3.30. The molecule has 2 aromatic rings. The van der Waals surface area contributed by atoms with Gasteiger partial charge in [0.15, 0.2) is 0 Å². The summed E-state index contributed by atoms with van der Waals surface area (Å²) in [5.74, 6) is -0.728. The average molecular weight is 472 g/mol. The van der Waals surface area contributed by atoms with Gasteiger partial charge in [0.1, 0.15) is 0 Å². The number of nitrogens with one attached hydrogen (secondary N) is 1. The molecule has 2 aromatic carbocycles. The Morgan fingerprint density at radius 3 is 2.62 bits per heavy atom. The van der Waals surface area contributed by atoms with Crippen LogP contribution in [0.25, 0.3) is 6.08 Å². The van der Waals surface area contributed by atoms with E-state index < -0.39 is 10.0 Å². The number of carbonyl (C=O) groups excluding carboxylic acids is 3. The number of thioether (sulfide) groups is 1. The molecule has 10 heteroatoms. The Morgan fingerprint density at radius 2 is 1.91 bits per heavy atom. The molecule has 0 aliphatic carbocycles. The Morgan fingerprint density at radius 1 is 1.16 bits per heavy atom. The lowest BCUT2D eigenvalue weighted by Gasteiger charge is -2.16. The lowest BCUT2D eigenvalue weighted by Crippen LogP contribution is -2.37. The van der Waals surface area contributed by atoms with Crippen LogP contribution in [-0.4, -0.2) is 56.3 Å². The molecule has 4 rings (SSSR count). The van der Waals surface area contributed by atoms with Crippen LogP contribution in [0.3, 0.4) is 0 Å². The minimum Gasteiger partial charge on any atom is -0.350 e. The number of fused-ring (bicyclic) bond motifs is 1. The van der Waals surface area contributed by atoms with E-state index in [0.717, 1.165) is 34.0 Å². The van der Waals surface area contributed by atoms with Gasteiger partial charge in [0, 0.05) is 25.2 Å². The van der Waals surface area contributed by atoms with E-state index in [1.807, 2.05) is 30.3 Å². The molecule has 1 fully saturated rings. The molecule has 0 saturated carbocycles. The van der Waals surface area contributed by atoms with Crippen molar-refractivity contribution in [1.29, 1.82) is 0 Å². The first-order valence-electron chi connectivity index (χ1n) is 9.93. The van der Waals surface area contributed by atoms with Gasteiger partial charge >= 0.3 is 0 Å². The molecule has 0 bridgehead atoms. The van der Waals surface area contributed by atoms with Crippen LogP contribution in [0.2, 0.25) is 0 Å². The van der Waals surface area contributed by atoms with Crippen LogP contribution in [0.15, 0.2) is 53.4 Å². The molecule has 8 nitrogen and oxygen atoms in total. The molecule has 3 amide bonds. The van der Waals surface area contributed by atoms with Crippen LogP contribution in [0, 0.1) is 0 Å². The Kier molecular flexibility index (Phi) is 6.07. The number of rotatable bonds is 6. The molecule has 0 spiro atoms. The normalized spacial score (nSPS) is 17.2. The van der Waals surface area contributed by atoms with E-state index in [-0.39, 0.29) is 30.1 Å². The van der Waals surface area contributed by atoms with E-state index in [9.17, 15) is 22.8 Å². The third kappa shape index (κ3) is 4.56. The van der Waals surface area contributed by atoms with Gasteiger partial charge in [-0.15, -0.1) is 0 Å². The van der Waals surface area contributed by atoms with E-state index in [1.54, 1.807) is 24.3 Å². The molecule has 0 atom stereocenters. The number of anilines is 1. The Bertz CT molecular complexity index is 1230. The van der Waals surface area contributed by atoms with Crippen molar-refractivity contribution in [1.82, 2.24) is 10.2 Å². The molecule has 2 aliphatic heterocycles. The smallest absolute Gasteiger partial charge is 0.293 e. The van der Waals surface area contributed by atoms with Gasteiger partial charge in [-0.1, -0.05) is 30.3 Å². The van der Waals surface area contributed by atoms with Gasteiger partial charge < -0.3 is 5.32 Å². The van der Waals surface area contributed by atoms with Crippen molar-refractivity contribution in [2.75, 3.05) is 30.2 Å². The second-order valence-electron chi connectivity index (χ2n) is 7.43. The van der Waals surface area contributed by atoms with Crippen molar-refractivity contribution in [3.05, 3.63) is 70.1 Å². The van der Waals surface area contributed by atoms with Crippen LogP contribution in [0.1, 0.15) is 21.5 Å². The monoisotopic (exact) mass is 471 g/mol. The summed E-state index contributed by atoms with van der Waals surface area (Å²) in [6.07, 6.45) is 3.37. The minimum absolute atomic E-state index is 0.0648. The van der Waals surface area contributed by atoms with E-state index >= 15 is 0 Å². The third-order valence-electron chi connectivity index (χ3n) is 5.19. The highest BCUT2D eigenvalue weighted by Gasteiger charge is 2.34.